The summed E-state index contributed by atoms with van der Waals surface area (Å²) in [5, 5.41) is 9.93. The first-order valence-electron chi connectivity index (χ1n) is 25.1. The Morgan fingerprint density at radius 2 is 1.59 bits per heavy atom. The van der Waals surface area contributed by atoms with Crippen molar-refractivity contribution in [3.05, 3.63) is 167 Å². The van der Waals surface area contributed by atoms with Gasteiger partial charge in [0.15, 0.2) is 6.20 Å². The molecular weight excluding hydrogens is 903 g/mol. The van der Waals surface area contributed by atoms with Gasteiger partial charge in [0.05, 0.1) is 32.9 Å². The zero-order valence-electron chi connectivity index (χ0n) is 41.1. The van der Waals surface area contributed by atoms with Gasteiger partial charge in [0.25, 0.3) is 0 Å². The van der Waals surface area contributed by atoms with E-state index in [1.165, 1.54) is 37.1 Å². The molecule has 0 saturated carbocycles. The normalized spacial score (nSPS) is 15.1. The highest BCUT2D eigenvalue weighted by Gasteiger charge is 2.29. The minimum Gasteiger partial charge on any atom is -0.356 e. The number of allylic oxidation sites excluding steroid dienone is 6. The maximum atomic E-state index is 13.9. The number of anilines is 2. The third-order valence-electron chi connectivity index (χ3n) is 13.1. The number of ketones is 1. The molecule has 0 bridgehead atoms. The molecule has 2 aliphatic rings. The number of nitrogens with one attached hydrogen (secondary N) is 2. The summed E-state index contributed by atoms with van der Waals surface area (Å²) in [7, 11) is 4.25. The molecule has 9 nitrogen and oxygen atoms in total. The first kappa shape index (κ1) is 50.3. The van der Waals surface area contributed by atoms with Crippen molar-refractivity contribution in [2.24, 2.45) is 0 Å². The number of nitrogens with zero attached hydrogens (tertiary/aromatic N) is 5. The number of benzene rings is 4. The van der Waals surface area contributed by atoms with E-state index in [0.717, 1.165) is 105 Å². The Balaban J connectivity index is 0.701. The molecule has 2 aliphatic heterocycles. The van der Waals surface area contributed by atoms with Crippen LogP contribution in [0.4, 0.5) is 11.4 Å². The summed E-state index contributed by atoms with van der Waals surface area (Å²) in [6, 6.07) is 35.7. The molecule has 4 aromatic carbocycles. The number of rotatable bonds is 25. The number of para-hydroxylation sites is 4. The third-order valence-corrected chi connectivity index (χ3v) is 15.2. The topological polar surface area (TPSA) is 84.7 Å². The fraction of sp³-hybridized carbons (Fsp3) is 0.322. The minimum atomic E-state index is -0.226. The first-order chi connectivity index (χ1) is 34.4. The largest absolute Gasteiger partial charge is 0.356 e. The van der Waals surface area contributed by atoms with Crippen LogP contribution in [0.15, 0.2) is 156 Å². The number of aromatic nitrogens is 2. The molecule has 1 atom stereocenters. The highest BCUT2D eigenvalue weighted by molar-refractivity contribution is 8.03. The zero-order chi connectivity index (χ0) is 48.5. The lowest BCUT2D eigenvalue weighted by atomic mass is 9.99. The van der Waals surface area contributed by atoms with Crippen LogP contribution in [0.25, 0.3) is 38.8 Å². The molecule has 4 heterocycles. The van der Waals surface area contributed by atoms with Crippen molar-refractivity contribution in [1.29, 1.82) is 0 Å². The predicted molar refractivity (Wildman–Crippen MR) is 296 cm³/mol. The van der Waals surface area contributed by atoms with Gasteiger partial charge >= 0.3 is 0 Å². The van der Waals surface area contributed by atoms with Gasteiger partial charge in [0.2, 0.25) is 23.2 Å². The number of pyridine rings is 1. The van der Waals surface area contributed by atoms with Gasteiger partial charge in [0, 0.05) is 67.5 Å². The summed E-state index contributed by atoms with van der Waals surface area (Å²) in [5.74, 6) is 0.358. The number of fused-ring (bicyclic) bond motifs is 4. The quantitative estimate of drug-likeness (QED) is 0.0434. The number of hydrogen-bond donors (Lipinski definition) is 2. The molecular formula is C59H68N7O2S2+. The third kappa shape index (κ3) is 13.4. The summed E-state index contributed by atoms with van der Waals surface area (Å²) in [4.78, 5) is 39.4. The Kier molecular flexibility index (Phi) is 18.4. The van der Waals surface area contributed by atoms with Gasteiger partial charge in [-0.1, -0.05) is 110 Å². The van der Waals surface area contributed by atoms with Crippen LogP contribution in [0.5, 0.6) is 0 Å². The van der Waals surface area contributed by atoms with E-state index in [9.17, 15) is 9.59 Å². The van der Waals surface area contributed by atoms with Gasteiger partial charge in [-0.05, 0) is 125 Å². The lowest BCUT2D eigenvalue weighted by Crippen LogP contribution is -2.47. The van der Waals surface area contributed by atoms with E-state index >= 15 is 0 Å². The molecule has 6 aromatic rings. The van der Waals surface area contributed by atoms with Crippen LogP contribution in [0.2, 0.25) is 0 Å². The van der Waals surface area contributed by atoms with Crippen molar-refractivity contribution in [3.63, 3.8) is 0 Å². The van der Waals surface area contributed by atoms with E-state index in [1.54, 1.807) is 23.1 Å². The Bertz CT molecular complexity index is 2850. The molecule has 70 heavy (non-hydrogen) atoms. The van der Waals surface area contributed by atoms with Crippen LogP contribution in [0, 0.1) is 0 Å². The van der Waals surface area contributed by atoms with E-state index in [4.69, 9.17) is 4.98 Å². The number of thioether (sulfide) groups is 1. The van der Waals surface area contributed by atoms with E-state index in [1.807, 2.05) is 6.07 Å². The average molecular weight is 971 g/mol. The van der Waals surface area contributed by atoms with Crippen molar-refractivity contribution in [2.45, 2.75) is 75.6 Å². The number of carbonyl (C=O) groups excluding carboxylic acids is 2. The average Bonchev–Trinajstić information content (AvgIpc) is 3.95. The molecule has 11 heteroatoms. The lowest BCUT2D eigenvalue weighted by molar-refractivity contribution is -0.684. The van der Waals surface area contributed by atoms with Gasteiger partial charge in [-0.3, -0.25) is 9.59 Å². The van der Waals surface area contributed by atoms with Crippen molar-refractivity contribution >= 4 is 85.0 Å². The van der Waals surface area contributed by atoms with Crippen molar-refractivity contribution < 1.29 is 14.2 Å². The number of hydrogen-bond acceptors (Lipinski definition) is 9. The van der Waals surface area contributed by atoms with Crippen molar-refractivity contribution in [3.8, 4) is 0 Å². The van der Waals surface area contributed by atoms with Gasteiger partial charge in [-0.25, -0.2) is 4.98 Å². The van der Waals surface area contributed by atoms with Gasteiger partial charge in [0.1, 0.15) is 5.01 Å². The maximum absolute atomic E-state index is 13.9. The second-order valence-electron chi connectivity index (χ2n) is 18.2. The van der Waals surface area contributed by atoms with Crippen LogP contribution < -0.4 is 25.0 Å². The maximum Gasteiger partial charge on any atom is 0.219 e. The van der Waals surface area contributed by atoms with Crippen LogP contribution in [-0.4, -0.2) is 74.9 Å². The Morgan fingerprint density at radius 3 is 2.44 bits per heavy atom. The van der Waals surface area contributed by atoms with Crippen LogP contribution >= 0.6 is 23.1 Å². The molecule has 0 aliphatic carbocycles. The van der Waals surface area contributed by atoms with E-state index in [-0.39, 0.29) is 17.7 Å². The second kappa shape index (κ2) is 25.7. The summed E-state index contributed by atoms with van der Waals surface area (Å²) in [6.07, 6.45) is 27.5. The molecule has 1 unspecified atom stereocenters. The molecule has 2 N–H and O–H groups in total. The molecule has 2 aromatic heterocycles. The van der Waals surface area contributed by atoms with Crippen molar-refractivity contribution in [2.75, 3.05) is 63.2 Å². The fourth-order valence-corrected chi connectivity index (χ4v) is 11.2. The van der Waals surface area contributed by atoms with E-state index in [0.29, 0.717) is 19.5 Å². The monoisotopic (exact) mass is 970 g/mol. The smallest absolute Gasteiger partial charge is 0.219 e. The summed E-state index contributed by atoms with van der Waals surface area (Å²) >= 11 is 3.49. The minimum absolute atomic E-state index is 0.136. The fourth-order valence-electron chi connectivity index (χ4n) is 9.21. The van der Waals surface area contributed by atoms with Gasteiger partial charge in [-0.15, -0.1) is 11.3 Å². The molecule has 0 saturated heterocycles. The first-order valence-corrected chi connectivity index (χ1v) is 26.8. The molecule has 0 spiro atoms. The molecule has 362 valence electrons. The van der Waals surface area contributed by atoms with Crippen LogP contribution in [0.3, 0.4) is 0 Å². The number of Topliss-reactive ketones (excluding diaryl/α,β-unsaturated/α-hetero) is 1. The van der Waals surface area contributed by atoms with Gasteiger partial charge in [-0.2, -0.15) is 4.57 Å². The summed E-state index contributed by atoms with van der Waals surface area (Å²) < 4.78 is 3.40. The van der Waals surface area contributed by atoms with Crippen molar-refractivity contribution in [1.82, 2.24) is 20.5 Å². The number of amides is 1. The highest BCUT2D eigenvalue weighted by atomic mass is 32.2. The summed E-state index contributed by atoms with van der Waals surface area (Å²) in [6.45, 7) is 6.75. The molecule has 0 radical (unpaired) electrons. The summed E-state index contributed by atoms with van der Waals surface area (Å²) in [5.41, 5.74) is 8.11. The molecule has 0 fully saturated rings. The SMILES string of the molecule is CCCCC(C(=O)CNCCCN(C)CCCNC(=O)CCCCCN1C=CC(=CC=Cc2nc3ccccc3s2)c2ccccc21)[n+]1ccc(C=CC=C2Sc3ccccc3N2C)c2ccccc21. The zero-order valence-corrected chi connectivity index (χ0v) is 42.7. The number of carbonyl (C=O) groups is 2. The lowest BCUT2D eigenvalue weighted by Gasteiger charge is -2.27. The molecule has 8 rings (SSSR count). The number of unbranched alkanes of at least 4 members (excludes halogenated alkanes) is 3. The van der Waals surface area contributed by atoms with Crippen LogP contribution in [-0.2, 0) is 9.59 Å². The van der Waals surface area contributed by atoms with Crippen LogP contribution in [0.1, 0.15) is 86.9 Å². The predicted octanol–water partition coefficient (Wildman–Crippen LogP) is 12.2. The standard InChI is InChI=1S/C59H67N7O2S2/c1-4-5-26-52(66-43-36-46(48-24-9-12-28-51(48)66)22-18-34-59-64(3)53-29-13-15-31-56(53)70-59)54(67)44-60-37-19-39-63(2)40-20-38-61-57(68)32-7-6-16-41-65-42-35-45(47-23-8-11-27-50(47)65)21-17-33-58-62-49-25-10-14-30-55(49)69-58/h8-15,17-18,21-25,27-31,33-36,42-43,52,60H,4-7,16,19-20,26,32,37-41,44H2,1-3H3/p+1. The Morgan fingerprint density at radius 1 is 0.814 bits per heavy atom. The van der Waals surface area contributed by atoms with E-state index < -0.39 is 0 Å². The van der Waals surface area contributed by atoms with Gasteiger partial charge < -0.3 is 25.3 Å². The Hall–Kier alpha value is -6.11. The van der Waals surface area contributed by atoms with E-state index in [2.05, 4.69) is 203 Å². The second-order valence-corrected chi connectivity index (χ2v) is 20.3. The highest BCUT2D eigenvalue weighted by Crippen LogP contribution is 2.44. The molecule has 1 amide bonds. The Labute approximate surface area is 423 Å². The number of thiazole rings is 1.